The fraction of sp³-hybridized carbons (Fsp3) is 0.565. The first-order valence-corrected chi connectivity index (χ1v) is 10.6. The first-order valence-electron chi connectivity index (χ1n) is 10.6. The SMILES string of the molecule is CCN(CC)C(=O)[C@H]1CCCN(Cc2nc(-c3ccc(OC)c(C)c3)oc2C)C1. The van der Waals surface area contributed by atoms with Crippen LogP contribution in [0.2, 0.25) is 0 Å². The Morgan fingerprint density at radius 3 is 2.72 bits per heavy atom. The molecule has 0 spiro atoms. The third-order valence-electron chi connectivity index (χ3n) is 5.84. The zero-order valence-electron chi connectivity index (χ0n) is 18.3. The molecule has 1 aliphatic heterocycles. The third kappa shape index (κ3) is 4.81. The average molecular weight is 400 g/mol. The van der Waals surface area contributed by atoms with Crippen LogP contribution in [0.5, 0.6) is 5.75 Å². The lowest BCUT2D eigenvalue weighted by molar-refractivity contribution is -0.137. The molecule has 0 radical (unpaired) electrons. The zero-order valence-corrected chi connectivity index (χ0v) is 18.3. The lowest BCUT2D eigenvalue weighted by Gasteiger charge is -2.34. The smallest absolute Gasteiger partial charge is 0.226 e. The maximum absolute atomic E-state index is 12.8. The minimum Gasteiger partial charge on any atom is -0.496 e. The standard InChI is InChI=1S/C23H33N3O3/c1-6-26(7-2)23(27)19-9-8-12-25(14-19)15-20-17(4)29-22(24-20)18-10-11-21(28-5)16(3)13-18/h10-11,13,19H,6-9,12,14-15H2,1-5H3/t19-/m0/s1. The number of carbonyl (C=O) groups excluding carboxylic acids is 1. The highest BCUT2D eigenvalue weighted by Crippen LogP contribution is 2.28. The lowest BCUT2D eigenvalue weighted by atomic mass is 9.96. The second-order valence-electron chi connectivity index (χ2n) is 7.79. The fourth-order valence-corrected chi connectivity index (χ4v) is 4.12. The Balaban J connectivity index is 1.71. The van der Waals surface area contributed by atoms with Crippen molar-refractivity contribution in [3.63, 3.8) is 0 Å². The van der Waals surface area contributed by atoms with Crippen LogP contribution in [0.1, 0.15) is 43.7 Å². The summed E-state index contributed by atoms with van der Waals surface area (Å²) in [5.41, 5.74) is 2.95. The van der Waals surface area contributed by atoms with Gasteiger partial charge in [-0.2, -0.15) is 0 Å². The topological polar surface area (TPSA) is 58.8 Å². The molecular weight excluding hydrogens is 366 g/mol. The summed E-state index contributed by atoms with van der Waals surface area (Å²) < 4.78 is 11.3. The number of amides is 1. The number of likely N-dealkylation sites (tertiary alicyclic amines) is 1. The van der Waals surface area contributed by atoms with Gasteiger partial charge in [-0.1, -0.05) is 0 Å². The Kier molecular flexibility index (Phi) is 6.96. The monoisotopic (exact) mass is 399 g/mol. The second kappa shape index (κ2) is 9.44. The Hall–Kier alpha value is -2.34. The summed E-state index contributed by atoms with van der Waals surface area (Å²) in [5, 5.41) is 0. The number of methoxy groups -OCH3 is 1. The molecule has 29 heavy (non-hydrogen) atoms. The van der Waals surface area contributed by atoms with E-state index < -0.39 is 0 Å². The number of piperidine rings is 1. The van der Waals surface area contributed by atoms with Crippen LogP contribution < -0.4 is 4.74 Å². The fourth-order valence-electron chi connectivity index (χ4n) is 4.12. The summed E-state index contributed by atoms with van der Waals surface area (Å²) in [6.45, 7) is 12.1. The summed E-state index contributed by atoms with van der Waals surface area (Å²) in [4.78, 5) is 21.8. The van der Waals surface area contributed by atoms with E-state index >= 15 is 0 Å². The van der Waals surface area contributed by atoms with E-state index in [9.17, 15) is 4.79 Å². The number of carbonyl (C=O) groups is 1. The molecule has 1 aromatic carbocycles. The highest BCUT2D eigenvalue weighted by Gasteiger charge is 2.29. The molecule has 2 heterocycles. The molecule has 0 N–H and O–H groups in total. The van der Waals surface area contributed by atoms with Gasteiger partial charge in [0.25, 0.3) is 0 Å². The molecule has 0 aliphatic carbocycles. The van der Waals surface area contributed by atoms with Gasteiger partial charge in [0, 0.05) is 31.7 Å². The molecule has 158 valence electrons. The molecule has 1 atom stereocenters. The molecule has 1 amide bonds. The molecule has 6 heteroatoms. The Morgan fingerprint density at radius 2 is 2.07 bits per heavy atom. The third-order valence-corrected chi connectivity index (χ3v) is 5.84. The van der Waals surface area contributed by atoms with Crippen LogP contribution in [0.15, 0.2) is 22.6 Å². The summed E-state index contributed by atoms with van der Waals surface area (Å²) in [7, 11) is 1.67. The average Bonchev–Trinajstić information content (AvgIpc) is 3.09. The number of nitrogens with zero attached hydrogens (tertiary/aromatic N) is 3. The van der Waals surface area contributed by atoms with Crippen molar-refractivity contribution in [2.75, 3.05) is 33.3 Å². The van der Waals surface area contributed by atoms with Gasteiger partial charge >= 0.3 is 0 Å². The first-order chi connectivity index (χ1) is 14.0. The van der Waals surface area contributed by atoms with E-state index in [1.54, 1.807) is 7.11 Å². The van der Waals surface area contributed by atoms with Gasteiger partial charge in [0.1, 0.15) is 11.5 Å². The number of aryl methyl sites for hydroxylation is 2. The molecule has 2 aromatic rings. The maximum atomic E-state index is 12.8. The van der Waals surface area contributed by atoms with E-state index in [-0.39, 0.29) is 11.8 Å². The summed E-state index contributed by atoms with van der Waals surface area (Å²) in [5.74, 6) is 2.70. The van der Waals surface area contributed by atoms with Crippen LogP contribution in [0.25, 0.3) is 11.5 Å². The molecule has 1 saturated heterocycles. The minimum absolute atomic E-state index is 0.0829. The second-order valence-corrected chi connectivity index (χ2v) is 7.79. The molecule has 0 unspecified atom stereocenters. The largest absolute Gasteiger partial charge is 0.496 e. The van der Waals surface area contributed by atoms with E-state index in [0.717, 1.165) is 67.4 Å². The summed E-state index contributed by atoms with van der Waals surface area (Å²) >= 11 is 0. The van der Waals surface area contributed by atoms with Gasteiger partial charge < -0.3 is 14.1 Å². The highest BCUT2D eigenvalue weighted by molar-refractivity contribution is 5.79. The van der Waals surface area contributed by atoms with Gasteiger partial charge in [0.05, 0.1) is 18.7 Å². The quantitative estimate of drug-likeness (QED) is 0.703. The number of ether oxygens (including phenoxy) is 1. The van der Waals surface area contributed by atoms with Crippen LogP contribution in [0.3, 0.4) is 0 Å². The molecule has 1 aliphatic rings. The molecular formula is C23H33N3O3. The maximum Gasteiger partial charge on any atom is 0.226 e. The first kappa shape index (κ1) is 21.4. The van der Waals surface area contributed by atoms with Crippen LogP contribution in [0.4, 0.5) is 0 Å². The van der Waals surface area contributed by atoms with Crippen LogP contribution in [-0.2, 0) is 11.3 Å². The van der Waals surface area contributed by atoms with Crippen LogP contribution in [0, 0.1) is 19.8 Å². The Bertz CT molecular complexity index is 842. The number of hydrogen-bond acceptors (Lipinski definition) is 5. The predicted octanol–water partition coefficient (Wildman–Crippen LogP) is 4.05. The molecule has 6 nitrogen and oxygen atoms in total. The van der Waals surface area contributed by atoms with Crippen molar-refractivity contribution < 1.29 is 13.9 Å². The Labute approximate surface area is 173 Å². The number of hydrogen-bond donors (Lipinski definition) is 0. The van der Waals surface area contributed by atoms with E-state index in [1.165, 1.54) is 0 Å². The van der Waals surface area contributed by atoms with Crippen molar-refractivity contribution in [3.05, 3.63) is 35.2 Å². The van der Waals surface area contributed by atoms with Gasteiger partial charge in [-0.15, -0.1) is 0 Å². The van der Waals surface area contributed by atoms with E-state index in [0.29, 0.717) is 12.4 Å². The molecule has 1 aromatic heterocycles. The van der Waals surface area contributed by atoms with Crippen LogP contribution >= 0.6 is 0 Å². The van der Waals surface area contributed by atoms with Crippen molar-refractivity contribution in [2.24, 2.45) is 5.92 Å². The predicted molar refractivity (Wildman–Crippen MR) is 114 cm³/mol. The summed E-state index contributed by atoms with van der Waals surface area (Å²) in [6.07, 6.45) is 2.01. The minimum atomic E-state index is 0.0829. The number of rotatable bonds is 7. The highest BCUT2D eigenvalue weighted by atomic mass is 16.5. The number of benzene rings is 1. The van der Waals surface area contributed by atoms with Crippen molar-refractivity contribution in [2.45, 2.75) is 47.1 Å². The van der Waals surface area contributed by atoms with Gasteiger partial charge in [-0.05, 0) is 70.8 Å². The van der Waals surface area contributed by atoms with Gasteiger partial charge in [0.15, 0.2) is 0 Å². The Morgan fingerprint density at radius 1 is 1.31 bits per heavy atom. The van der Waals surface area contributed by atoms with E-state index in [4.69, 9.17) is 14.1 Å². The van der Waals surface area contributed by atoms with Crippen LogP contribution in [-0.4, -0.2) is 54.0 Å². The molecule has 0 saturated carbocycles. The van der Waals surface area contributed by atoms with Gasteiger partial charge in [-0.25, -0.2) is 4.98 Å². The molecule has 3 rings (SSSR count). The zero-order chi connectivity index (χ0) is 21.0. The lowest BCUT2D eigenvalue weighted by Crippen LogP contribution is -2.44. The van der Waals surface area contributed by atoms with Crippen molar-refractivity contribution >= 4 is 5.91 Å². The summed E-state index contributed by atoms with van der Waals surface area (Å²) in [6, 6.07) is 5.95. The molecule has 1 fully saturated rings. The van der Waals surface area contributed by atoms with E-state index in [2.05, 4.69) is 4.90 Å². The molecule has 0 bridgehead atoms. The van der Waals surface area contributed by atoms with Crippen molar-refractivity contribution in [1.29, 1.82) is 0 Å². The van der Waals surface area contributed by atoms with Gasteiger partial charge in [-0.3, -0.25) is 9.69 Å². The number of oxazole rings is 1. The number of aromatic nitrogens is 1. The van der Waals surface area contributed by atoms with Gasteiger partial charge in [0.2, 0.25) is 11.8 Å². The van der Waals surface area contributed by atoms with Crippen molar-refractivity contribution in [1.82, 2.24) is 14.8 Å². The normalized spacial score (nSPS) is 17.3. The van der Waals surface area contributed by atoms with E-state index in [1.807, 2.05) is 50.8 Å². The van der Waals surface area contributed by atoms with Crippen molar-refractivity contribution in [3.8, 4) is 17.2 Å².